The topological polar surface area (TPSA) is 63.7 Å². The van der Waals surface area contributed by atoms with Crippen molar-refractivity contribution in [3.05, 3.63) is 65.7 Å². The first kappa shape index (κ1) is 19.3. The van der Waals surface area contributed by atoms with Crippen LogP contribution in [-0.4, -0.2) is 38.7 Å². The summed E-state index contributed by atoms with van der Waals surface area (Å²) in [6.45, 7) is 1.12. The van der Waals surface area contributed by atoms with Gasteiger partial charge in [0, 0.05) is 18.7 Å². The third-order valence-electron chi connectivity index (χ3n) is 4.61. The Morgan fingerprint density at radius 1 is 1.04 bits per heavy atom. The number of nitrogens with zero attached hydrogens (tertiary/aromatic N) is 1. The van der Waals surface area contributed by atoms with Crippen molar-refractivity contribution in [1.29, 1.82) is 0 Å². The number of piperidine rings is 1. The van der Waals surface area contributed by atoms with E-state index in [9.17, 15) is 13.2 Å². The number of hydrogen-bond donors (Lipinski definition) is 0. The van der Waals surface area contributed by atoms with Crippen LogP contribution in [0.2, 0.25) is 0 Å². The van der Waals surface area contributed by atoms with Crippen LogP contribution in [0.3, 0.4) is 0 Å². The molecule has 2 aromatic carbocycles. The zero-order chi connectivity index (χ0) is 19.3. The molecule has 0 aromatic heterocycles. The lowest BCUT2D eigenvalue weighted by Gasteiger charge is -2.25. The molecule has 0 N–H and O–H groups in total. The summed E-state index contributed by atoms with van der Waals surface area (Å²) >= 11 is 0. The molecule has 1 fully saturated rings. The number of benzene rings is 2. The number of methoxy groups -OCH3 is 1. The van der Waals surface area contributed by atoms with Crippen molar-refractivity contribution < 1.29 is 17.9 Å². The highest BCUT2D eigenvalue weighted by atomic mass is 32.2. The van der Waals surface area contributed by atoms with Gasteiger partial charge in [-0.15, -0.1) is 0 Å². The fourth-order valence-electron chi connectivity index (χ4n) is 3.06. The number of hydrogen-bond acceptors (Lipinski definition) is 4. The number of rotatable bonds is 6. The summed E-state index contributed by atoms with van der Waals surface area (Å²) in [6, 6.07) is 13.5. The Morgan fingerprint density at radius 2 is 1.74 bits per heavy atom. The minimum atomic E-state index is -3.48. The largest absolute Gasteiger partial charge is 0.497 e. The SMILES string of the molecule is COc1cccc(/C=C/C(=O)c2ccc(S(=O)(=O)N3CCCCC3)cc2)c1. The van der Waals surface area contributed by atoms with Crippen LogP contribution >= 0.6 is 0 Å². The molecule has 27 heavy (non-hydrogen) atoms. The van der Waals surface area contributed by atoms with Crippen molar-refractivity contribution in [2.75, 3.05) is 20.2 Å². The van der Waals surface area contributed by atoms with Gasteiger partial charge in [0.2, 0.25) is 10.0 Å². The van der Waals surface area contributed by atoms with Crippen LogP contribution in [0.15, 0.2) is 59.5 Å². The van der Waals surface area contributed by atoms with Gasteiger partial charge in [-0.25, -0.2) is 8.42 Å². The first-order chi connectivity index (χ1) is 13.0. The van der Waals surface area contributed by atoms with E-state index in [2.05, 4.69) is 0 Å². The Hall–Kier alpha value is -2.44. The van der Waals surface area contributed by atoms with Gasteiger partial charge in [-0.2, -0.15) is 4.31 Å². The molecule has 1 aliphatic heterocycles. The highest BCUT2D eigenvalue weighted by Gasteiger charge is 2.25. The second kappa shape index (κ2) is 8.50. The number of allylic oxidation sites excluding steroid dienone is 1. The summed E-state index contributed by atoms with van der Waals surface area (Å²) in [7, 11) is -1.89. The number of ketones is 1. The van der Waals surface area contributed by atoms with Crippen molar-refractivity contribution in [2.24, 2.45) is 0 Å². The number of carbonyl (C=O) groups is 1. The normalized spacial score (nSPS) is 15.7. The molecular formula is C21H23NO4S. The van der Waals surface area contributed by atoms with E-state index in [-0.39, 0.29) is 10.7 Å². The minimum Gasteiger partial charge on any atom is -0.497 e. The lowest BCUT2D eigenvalue weighted by Crippen LogP contribution is -2.35. The second-order valence-corrected chi connectivity index (χ2v) is 8.40. The fourth-order valence-corrected chi connectivity index (χ4v) is 4.58. The Bertz CT molecular complexity index is 927. The molecule has 6 heteroatoms. The van der Waals surface area contributed by atoms with E-state index in [0.29, 0.717) is 18.7 Å². The highest BCUT2D eigenvalue weighted by molar-refractivity contribution is 7.89. The Labute approximate surface area is 160 Å². The van der Waals surface area contributed by atoms with Gasteiger partial charge in [-0.05, 0) is 60.9 Å². The summed E-state index contributed by atoms with van der Waals surface area (Å²) in [4.78, 5) is 12.6. The molecule has 0 saturated carbocycles. The Balaban J connectivity index is 1.72. The third-order valence-corrected chi connectivity index (χ3v) is 6.53. The zero-order valence-corrected chi connectivity index (χ0v) is 16.1. The molecule has 0 spiro atoms. The minimum absolute atomic E-state index is 0.181. The fraction of sp³-hybridized carbons (Fsp3) is 0.286. The van der Waals surface area contributed by atoms with Crippen molar-refractivity contribution >= 4 is 21.9 Å². The van der Waals surface area contributed by atoms with Crippen molar-refractivity contribution in [1.82, 2.24) is 4.31 Å². The summed E-state index contributed by atoms with van der Waals surface area (Å²) < 4.78 is 32.0. The molecular weight excluding hydrogens is 362 g/mol. The molecule has 5 nitrogen and oxygen atoms in total. The van der Waals surface area contributed by atoms with Gasteiger partial charge in [0.15, 0.2) is 5.78 Å². The molecule has 0 amide bonds. The third kappa shape index (κ3) is 4.64. The molecule has 1 heterocycles. The predicted molar refractivity (Wildman–Crippen MR) is 105 cm³/mol. The van der Waals surface area contributed by atoms with Gasteiger partial charge in [0.05, 0.1) is 12.0 Å². The standard InChI is InChI=1S/C21H23NO4S/c1-26-19-7-5-6-17(16-19)8-13-21(23)18-9-11-20(12-10-18)27(24,25)22-14-3-2-4-15-22/h5-13,16H,2-4,14-15H2,1H3/b13-8+. The van der Waals surface area contributed by atoms with Crippen molar-refractivity contribution in [2.45, 2.75) is 24.2 Å². The molecule has 0 aliphatic carbocycles. The highest BCUT2D eigenvalue weighted by Crippen LogP contribution is 2.21. The molecule has 1 saturated heterocycles. The lowest BCUT2D eigenvalue weighted by molar-refractivity contribution is 0.104. The lowest BCUT2D eigenvalue weighted by atomic mass is 10.1. The molecule has 0 radical (unpaired) electrons. The van der Waals surface area contributed by atoms with E-state index < -0.39 is 10.0 Å². The van der Waals surface area contributed by atoms with Crippen molar-refractivity contribution in [3.63, 3.8) is 0 Å². The van der Waals surface area contributed by atoms with Crippen LogP contribution in [0.1, 0.15) is 35.2 Å². The molecule has 2 aromatic rings. The monoisotopic (exact) mass is 385 g/mol. The summed E-state index contributed by atoms with van der Waals surface area (Å²) in [5.41, 5.74) is 1.30. The van der Waals surface area contributed by atoms with Gasteiger partial charge in [-0.1, -0.05) is 24.6 Å². The Morgan fingerprint density at radius 3 is 2.41 bits per heavy atom. The van der Waals surface area contributed by atoms with Crippen LogP contribution in [-0.2, 0) is 10.0 Å². The number of ether oxygens (including phenoxy) is 1. The summed E-state index contributed by atoms with van der Waals surface area (Å²) in [6.07, 6.45) is 6.04. The molecule has 0 bridgehead atoms. The summed E-state index contributed by atoms with van der Waals surface area (Å²) in [5.74, 6) is 0.539. The zero-order valence-electron chi connectivity index (χ0n) is 15.3. The first-order valence-electron chi connectivity index (χ1n) is 8.97. The van der Waals surface area contributed by atoms with E-state index in [0.717, 1.165) is 30.6 Å². The van der Waals surface area contributed by atoms with E-state index in [4.69, 9.17) is 4.74 Å². The van der Waals surface area contributed by atoms with Gasteiger partial charge >= 0.3 is 0 Å². The smallest absolute Gasteiger partial charge is 0.243 e. The van der Waals surface area contributed by atoms with E-state index in [1.807, 2.05) is 24.3 Å². The van der Waals surface area contributed by atoms with E-state index >= 15 is 0 Å². The maximum absolute atomic E-state index is 12.7. The predicted octanol–water partition coefficient (Wildman–Crippen LogP) is 3.77. The van der Waals surface area contributed by atoms with Gasteiger partial charge in [-0.3, -0.25) is 4.79 Å². The first-order valence-corrected chi connectivity index (χ1v) is 10.4. The molecule has 3 rings (SSSR count). The van der Waals surface area contributed by atoms with E-state index in [1.54, 1.807) is 25.3 Å². The van der Waals surface area contributed by atoms with Crippen molar-refractivity contribution in [3.8, 4) is 5.75 Å². The number of carbonyl (C=O) groups excluding carboxylic acids is 1. The van der Waals surface area contributed by atoms with Crippen LogP contribution in [0.25, 0.3) is 6.08 Å². The second-order valence-electron chi connectivity index (χ2n) is 6.46. The van der Waals surface area contributed by atoms with E-state index in [1.165, 1.54) is 22.5 Å². The van der Waals surface area contributed by atoms with Crippen LogP contribution in [0, 0.1) is 0 Å². The number of sulfonamides is 1. The van der Waals surface area contributed by atoms with Crippen LogP contribution in [0.5, 0.6) is 5.75 Å². The van der Waals surface area contributed by atoms with Crippen LogP contribution < -0.4 is 4.74 Å². The molecule has 0 atom stereocenters. The quantitative estimate of drug-likeness (QED) is 0.561. The maximum atomic E-state index is 12.7. The Kier molecular flexibility index (Phi) is 6.08. The van der Waals surface area contributed by atoms with Gasteiger partial charge in [0.1, 0.15) is 5.75 Å². The average molecular weight is 385 g/mol. The molecule has 1 aliphatic rings. The summed E-state index contributed by atoms with van der Waals surface area (Å²) in [5, 5.41) is 0. The maximum Gasteiger partial charge on any atom is 0.243 e. The molecule has 142 valence electrons. The molecule has 0 unspecified atom stereocenters. The van der Waals surface area contributed by atoms with Gasteiger partial charge in [0.25, 0.3) is 0 Å². The van der Waals surface area contributed by atoms with Gasteiger partial charge < -0.3 is 4.74 Å². The average Bonchev–Trinajstić information content (AvgIpc) is 2.73. The van der Waals surface area contributed by atoms with Crippen LogP contribution in [0.4, 0.5) is 0 Å².